The number of amides is 2. The molecule has 2 amide bonds. The zero-order valence-corrected chi connectivity index (χ0v) is 18.8. The number of halogens is 2. The number of nitrogens with one attached hydrogen (secondary N) is 2. The van der Waals surface area contributed by atoms with Crippen LogP contribution in [0.15, 0.2) is 48.5 Å². The summed E-state index contributed by atoms with van der Waals surface area (Å²) < 4.78 is 26.4. The lowest BCUT2D eigenvalue weighted by Gasteiger charge is -2.34. The summed E-state index contributed by atoms with van der Waals surface area (Å²) in [6.07, 6.45) is 1.41. The standard InChI is InChI=1S/C25H30F2N4O2/c1-30-12-14-31(15-13-30)25(33)22(29-24(32)18-4-8-20(27)9-5-18)10-11-28-23-16-21(23)17-2-6-19(26)7-3-17/h2-9,21-23,28H,10-16H2,1H3,(H,29,32)/t21-,22-,23+/m0/s1. The Morgan fingerprint density at radius 3 is 2.21 bits per heavy atom. The molecular formula is C25H30F2N4O2. The van der Waals surface area contributed by atoms with E-state index in [2.05, 4.69) is 15.5 Å². The van der Waals surface area contributed by atoms with Crippen molar-refractivity contribution in [2.24, 2.45) is 0 Å². The summed E-state index contributed by atoms with van der Waals surface area (Å²) in [5.74, 6) is -0.803. The summed E-state index contributed by atoms with van der Waals surface area (Å²) in [7, 11) is 2.02. The van der Waals surface area contributed by atoms with Gasteiger partial charge in [0.25, 0.3) is 5.91 Å². The van der Waals surface area contributed by atoms with Crippen molar-refractivity contribution >= 4 is 11.8 Å². The number of nitrogens with zero attached hydrogens (tertiary/aromatic N) is 2. The molecule has 6 nitrogen and oxygen atoms in total. The first-order valence-corrected chi connectivity index (χ1v) is 11.4. The van der Waals surface area contributed by atoms with Gasteiger partial charge in [-0.25, -0.2) is 8.78 Å². The smallest absolute Gasteiger partial charge is 0.251 e. The Balaban J connectivity index is 1.35. The molecule has 4 rings (SSSR count). The number of benzene rings is 2. The summed E-state index contributed by atoms with van der Waals surface area (Å²) in [4.78, 5) is 29.9. The van der Waals surface area contributed by atoms with Crippen LogP contribution >= 0.6 is 0 Å². The molecule has 2 aromatic carbocycles. The van der Waals surface area contributed by atoms with Gasteiger partial charge in [0.1, 0.15) is 17.7 Å². The highest BCUT2D eigenvalue weighted by atomic mass is 19.1. The molecule has 33 heavy (non-hydrogen) atoms. The zero-order chi connectivity index (χ0) is 23.4. The van der Waals surface area contributed by atoms with E-state index < -0.39 is 17.8 Å². The number of carbonyl (C=O) groups excluding carboxylic acids is 2. The summed E-state index contributed by atoms with van der Waals surface area (Å²) in [5.41, 5.74) is 1.42. The van der Waals surface area contributed by atoms with Gasteiger partial charge in [0.2, 0.25) is 5.91 Å². The van der Waals surface area contributed by atoms with E-state index in [0.29, 0.717) is 37.5 Å². The van der Waals surface area contributed by atoms with Crippen LogP contribution in [0, 0.1) is 11.6 Å². The van der Waals surface area contributed by atoms with E-state index in [4.69, 9.17) is 0 Å². The normalized spacial score (nSPS) is 21.5. The molecule has 0 bridgehead atoms. The number of hydrogen-bond acceptors (Lipinski definition) is 4. The second-order valence-electron chi connectivity index (χ2n) is 8.90. The van der Waals surface area contributed by atoms with Crippen molar-refractivity contribution in [3.63, 3.8) is 0 Å². The molecule has 1 aliphatic heterocycles. The molecule has 1 heterocycles. The average Bonchev–Trinajstić information content (AvgIpc) is 3.59. The molecule has 2 aromatic rings. The Hall–Kier alpha value is -2.84. The van der Waals surface area contributed by atoms with Gasteiger partial charge in [-0.2, -0.15) is 0 Å². The number of rotatable bonds is 8. The molecule has 1 aliphatic carbocycles. The van der Waals surface area contributed by atoms with E-state index >= 15 is 0 Å². The molecule has 176 valence electrons. The van der Waals surface area contributed by atoms with Crippen LogP contribution in [0.1, 0.15) is 34.7 Å². The maximum atomic E-state index is 13.2. The average molecular weight is 457 g/mol. The van der Waals surface area contributed by atoms with Crippen molar-refractivity contribution in [3.05, 3.63) is 71.3 Å². The lowest BCUT2D eigenvalue weighted by molar-refractivity contribution is -0.135. The van der Waals surface area contributed by atoms with Crippen molar-refractivity contribution in [2.45, 2.75) is 30.8 Å². The summed E-state index contributed by atoms with van der Waals surface area (Å²) in [6.45, 7) is 3.41. The molecule has 1 saturated heterocycles. The van der Waals surface area contributed by atoms with Gasteiger partial charge in [0, 0.05) is 43.7 Å². The van der Waals surface area contributed by atoms with Crippen LogP contribution < -0.4 is 10.6 Å². The third kappa shape index (κ3) is 6.15. The zero-order valence-electron chi connectivity index (χ0n) is 18.8. The van der Waals surface area contributed by atoms with Crippen molar-refractivity contribution in [2.75, 3.05) is 39.8 Å². The minimum atomic E-state index is -0.665. The number of carbonyl (C=O) groups is 2. The molecule has 0 aromatic heterocycles. The molecule has 1 saturated carbocycles. The van der Waals surface area contributed by atoms with E-state index in [1.807, 2.05) is 19.2 Å². The Morgan fingerprint density at radius 2 is 1.58 bits per heavy atom. The molecule has 2 fully saturated rings. The third-order valence-electron chi connectivity index (χ3n) is 6.45. The minimum Gasteiger partial charge on any atom is -0.340 e. The minimum absolute atomic E-state index is 0.0914. The Bertz CT molecular complexity index is 959. The quantitative estimate of drug-likeness (QED) is 0.640. The Labute approximate surface area is 192 Å². The van der Waals surface area contributed by atoms with Crippen molar-refractivity contribution < 1.29 is 18.4 Å². The highest BCUT2D eigenvalue weighted by Gasteiger charge is 2.38. The van der Waals surface area contributed by atoms with E-state index in [0.717, 1.165) is 25.1 Å². The van der Waals surface area contributed by atoms with Gasteiger partial charge in [-0.1, -0.05) is 12.1 Å². The van der Waals surface area contributed by atoms with Crippen LogP contribution in [0.25, 0.3) is 0 Å². The van der Waals surface area contributed by atoms with Crippen LogP contribution in [0.5, 0.6) is 0 Å². The van der Waals surface area contributed by atoms with Crippen LogP contribution in [0.3, 0.4) is 0 Å². The van der Waals surface area contributed by atoms with Gasteiger partial charge < -0.3 is 20.4 Å². The summed E-state index contributed by atoms with van der Waals surface area (Å²) >= 11 is 0. The number of hydrogen-bond donors (Lipinski definition) is 2. The first-order valence-electron chi connectivity index (χ1n) is 11.4. The first kappa shape index (κ1) is 23.3. The second-order valence-corrected chi connectivity index (χ2v) is 8.90. The predicted molar refractivity (Wildman–Crippen MR) is 122 cm³/mol. The molecule has 8 heteroatoms. The van der Waals surface area contributed by atoms with Crippen LogP contribution in [0.4, 0.5) is 8.78 Å². The first-order chi connectivity index (χ1) is 15.9. The fourth-order valence-corrected chi connectivity index (χ4v) is 4.26. The van der Waals surface area contributed by atoms with E-state index in [9.17, 15) is 18.4 Å². The molecule has 2 aliphatic rings. The van der Waals surface area contributed by atoms with Gasteiger partial charge in [-0.3, -0.25) is 9.59 Å². The van der Waals surface area contributed by atoms with Crippen molar-refractivity contribution in [1.82, 2.24) is 20.4 Å². The van der Waals surface area contributed by atoms with Gasteiger partial charge in [0.05, 0.1) is 0 Å². The second kappa shape index (κ2) is 10.4. The largest absolute Gasteiger partial charge is 0.340 e. The van der Waals surface area contributed by atoms with Gasteiger partial charge in [0.15, 0.2) is 0 Å². The van der Waals surface area contributed by atoms with E-state index in [1.165, 1.54) is 36.4 Å². The van der Waals surface area contributed by atoms with Crippen LogP contribution in [-0.2, 0) is 4.79 Å². The molecule has 0 unspecified atom stereocenters. The topological polar surface area (TPSA) is 64.7 Å². The van der Waals surface area contributed by atoms with Crippen molar-refractivity contribution in [3.8, 4) is 0 Å². The summed E-state index contributed by atoms with van der Waals surface area (Å²) in [5, 5.41) is 6.32. The molecular weight excluding hydrogens is 426 g/mol. The maximum Gasteiger partial charge on any atom is 0.251 e. The monoisotopic (exact) mass is 456 g/mol. The Morgan fingerprint density at radius 1 is 0.970 bits per heavy atom. The van der Waals surface area contributed by atoms with Gasteiger partial charge >= 0.3 is 0 Å². The predicted octanol–water partition coefficient (Wildman–Crippen LogP) is 2.37. The van der Waals surface area contributed by atoms with E-state index in [1.54, 1.807) is 4.90 Å². The highest BCUT2D eigenvalue weighted by Crippen LogP contribution is 2.40. The van der Waals surface area contributed by atoms with Gasteiger partial charge in [-0.05, 0) is 68.4 Å². The molecule has 0 radical (unpaired) electrons. The fraction of sp³-hybridized carbons (Fsp3) is 0.440. The highest BCUT2D eigenvalue weighted by molar-refractivity contribution is 5.97. The number of likely N-dealkylation sites (N-methyl/N-ethyl adjacent to an activating group) is 1. The number of piperazine rings is 1. The Kier molecular flexibility index (Phi) is 7.35. The fourth-order valence-electron chi connectivity index (χ4n) is 4.26. The third-order valence-corrected chi connectivity index (χ3v) is 6.45. The molecule has 2 N–H and O–H groups in total. The SMILES string of the molecule is CN1CCN(C(=O)[C@H](CCN[C@@H]2C[C@H]2c2ccc(F)cc2)NC(=O)c2ccc(F)cc2)CC1. The van der Waals surface area contributed by atoms with Crippen molar-refractivity contribution in [1.29, 1.82) is 0 Å². The van der Waals surface area contributed by atoms with E-state index in [-0.39, 0.29) is 17.8 Å². The maximum absolute atomic E-state index is 13.2. The lowest BCUT2D eigenvalue weighted by Crippen LogP contribution is -2.54. The molecule has 3 atom stereocenters. The van der Waals surface area contributed by atoms with Gasteiger partial charge in [-0.15, -0.1) is 0 Å². The lowest BCUT2D eigenvalue weighted by atomic mass is 10.1. The molecule has 0 spiro atoms. The van der Waals surface area contributed by atoms with Crippen LogP contribution in [0.2, 0.25) is 0 Å². The van der Waals surface area contributed by atoms with Crippen LogP contribution in [-0.4, -0.2) is 73.5 Å². The summed E-state index contributed by atoms with van der Waals surface area (Å²) in [6, 6.07) is 11.5.